The minimum Gasteiger partial charge on any atom is -0.379 e. The predicted octanol–water partition coefficient (Wildman–Crippen LogP) is 1.37. The third-order valence-corrected chi connectivity index (χ3v) is 1.34. The first-order valence-corrected chi connectivity index (χ1v) is 4.65. The van der Waals surface area contributed by atoms with Crippen molar-refractivity contribution < 1.29 is 22.6 Å². The fourth-order valence-electron chi connectivity index (χ4n) is 0.665. The van der Waals surface area contributed by atoms with Crippen molar-refractivity contribution in [1.82, 2.24) is 5.32 Å². The van der Waals surface area contributed by atoms with Gasteiger partial charge in [-0.1, -0.05) is 0 Å². The minimum atomic E-state index is -4.54. The molecule has 0 spiro atoms. The second-order valence-corrected chi connectivity index (χ2v) is 2.72. The highest BCUT2D eigenvalue weighted by molar-refractivity contribution is 6.17. The van der Waals surface area contributed by atoms with Crippen LogP contribution in [0.25, 0.3) is 0 Å². The van der Waals surface area contributed by atoms with Crippen LogP contribution in [-0.4, -0.2) is 45.2 Å². The van der Waals surface area contributed by atoms with Crippen molar-refractivity contribution in [3.8, 4) is 0 Å². The Balaban J connectivity index is 2.99. The quantitative estimate of drug-likeness (QED) is 0.509. The molecule has 3 nitrogen and oxygen atoms in total. The van der Waals surface area contributed by atoms with E-state index < -0.39 is 6.36 Å². The highest BCUT2D eigenvalue weighted by Gasteiger charge is 2.28. The lowest BCUT2D eigenvalue weighted by molar-refractivity contribution is -0.323. The molecule has 0 fully saturated rings. The lowest BCUT2D eigenvalue weighted by atomic mass is 10.6. The number of rotatable bonds is 8. The third kappa shape index (κ3) is 12.0. The van der Waals surface area contributed by atoms with Gasteiger partial charge in [0.1, 0.15) is 0 Å². The van der Waals surface area contributed by atoms with Gasteiger partial charge in [-0.3, -0.25) is 4.74 Å². The molecule has 0 aromatic heterocycles. The Bertz CT molecular complexity index is 135. The zero-order valence-electron chi connectivity index (χ0n) is 7.57. The molecule has 0 saturated heterocycles. The standard InChI is InChI=1S/C7H13ClF3NO2/c8-1-4-13-5-2-12-3-6-14-7(9,10)11/h12H,1-6H2. The lowest BCUT2D eigenvalue weighted by Gasteiger charge is -2.08. The van der Waals surface area contributed by atoms with Crippen LogP contribution in [0.5, 0.6) is 0 Å². The maximum absolute atomic E-state index is 11.4. The molecule has 7 heteroatoms. The van der Waals surface area contributed by atoms with E-state index in [0.29, 0.717) is 25.6 Å². The highest BCUT2D eigenvalue weighted by Crippen LogP contribution is 2.14. The Kier molecular flexibility index (Phi) is 8.26. The van der Waals surface area contributed by atoms with Gasteiger partial charge in [0.05, 0.1) is 19.8 Å². The van der Waals surface area contributed by atoms with E-state index in [1.807, 2.05) is 0 Å². The van der Waals surface area contributed by atoms with E-state index in [-0.39, 0.29) is 13.2 Å². The summed E-state index contributed by atoms with van der Waals surface area (Å²) in [4.78, 5) is 0. The molecule has 0 aromatic rings. The normalized spacial score (nSPS) is 12.0. The zero-order chi connectivity index (χ0) is 10.9. The molecule has 86 valence electrons. The van der Waals surface area contributed by atoms with Gasteiger partial charge in [0.25, 0.3) is 0 Å². The fourth-order valence-corrected chi connectivity index (χ4v) is 0.774. The van der Waals surface area contributed by atoms with Crippen molar-refractivity contribution >= 4 is 11.6 Å². The smallest absolute Gasteiger partial charge is 0.379 e. The summed E-state index contributed by atoms with van der Waals surface area (Å²) in [5.74, 6) is 0.414. The number of ether oxygens (including phenoxy) is 2. The number of hydrogen-bond donors (Lipinski definition) is 1. The van der Waals surface area contributed by atoms with Gasteiger partial charge in [-0.2, -0.15) is 0 Å². The molecular weight excluding hydrogens is 223 g/mol. The summed E-state index contributed by atoms with van der Waals surface area (Å²) < 4.78 is 42.8. The van der Waals surface area contributed by atoms with Crippen molar-refractivity contribution in [2.24, 2.45) is 0 Å². The molecule has 0 aromatic carbocycles. The monoisotopic (exact) mass is 235 g/mol. The summed E-state index contributed by atoms with van der Waals surface area (Å²) in [7, 11) is 0. The van der Waals surface area contributed by atoms with Crippen LogP contribution in [-0.2, 0) is 9.47 Å². The summed E-state index contributed by atoms with van der Waals surface area (Å²) in [6, 6.07) is 0. The second-order valence-electron chi connectivity index (χ2n) is 2.35. The summed E-state index contributed by atoms with van der Waals surface area (Å²) in [5, 5.41) is 2.72. The average Bonchev–Trinajstić information content (AvgIpc) is 2.08. The Hall–Kier alpha value is -0.0400. The van der Waals surface area contributed by atoms with Crippen molar-refractivity contribution in [3.63, 3.8) is 0 Å². The first-order chi connectivity index (χ1) is 6.56. The van der Waals surface area contributed by atoms with E-state index in [9.17, 15) is 13.2 Å². The average molecular weight is 236 g/mol. The number of nitrogens with one attached hydrogen (secondary N) is 1. The van der Waals surface area contributed by atoms with Crippen molar-refractivity contribution in [2.75, 3.05) is 38.8 Å². The SMILES string of the molecule is FC(F)(F)OCCNCCOCCCl. The van der Waals surface area contributed by atoms with E-state index in [1.165, 1.54) is 0 Å². The lowest BCUT2D eigenvalue weighted by Crippen LogP contribution is -2.27. The van der Waals surface area contributed by atoms with Gasteiger partial charge >= 0.3 is 6.36 Å². The highest BCUT2D eigenvalue weighted by atomic mass is 35.5. The van der Waals surface area contributed by atoms with E-state index in [0.717, 1.165) is 0 Å². The van der Waals surface area contributed by atoms with Gasteiger partial charge in [0.15, 0.2) is 0 Å². The van der Waals surface area contributed by atoms with Crippen LogP contribution >= 0.6 is 11.6 Å². The first-order valence-electron chi connectivity index (χ1n) is 4.11. The van der Waals surface area contributed by atoms with Gasteiger partial charge in [-0.05, 0) is 0 Å². The minimum absolute atomic E-state index is 0.143. The van der Waals surface area contributed by atoms with Crippen LogP contribution < -0.4 is 5.32 Å². The van der Waals surface area contributed by atoms with Crippen LogP contribution in [0.3, 0.4) is 0 Å². The van der Waals surface area contributed by atoms with Crippen LogP contribution in [0, 0.1) is 0 Å². The van der Waals surface area contributed by atoms with Gasteiger partial charge in [0.2, 0.25) is 0 Å². The maximum Gasteiger partial charge on any atom is 0.522 e. The largest absolute Gasteiger partial charge is 0.522 e. The van der Waals surface area contributed by atoms with Crippen LogP contribution in [0.1, 0.15) is 0 Å². The van der Waals surface area contributed by atoms with E-state index >= 15 is 0 Å². The first kappa shape index (κ1) is 14.0. The Morgan fingerprint density at radius 3 is 2.29 bits per heavy atom. The molecule has 0 heterocycles. The zero-order valence-corrected chi connectivity index (χ0v) is 8.33. The fraction of sp³-hybridized carbons (Fsp3) is 1.00. The molecule has 0 bridgehead atoms. The molecule has 0 aliphatic carbocycles. The molecule has 0 rings (SSSR count). The maximum atomic E-state index is 11.4. The summed E-state index contributed by atoms with van der Waals surface area (Å²) in [6.07, 6.45) is -4.54. The van der Waals surface area contributed by atoms with Gasteiger partial charge in [0, 0.05) is 19.0 Å². The summed E-state index contributed by atoms with van der Waals surface area (Å²) in [6.45, 7) is 1.11. The summed E-state index contributed by atoms with van der Waals surface area (Å²) >= 11 is 5.32. The number of halogens is 4. The topological polar surface area (TPSA) is 30.5 Å². The third-order valence-electron chi connectivity index (χ3n) is 1.19. The molecule has 0 aliphatic rings. The van der Waals surface area contributed by atoms with Crippen molar-refractivity contribution in [1.29, 1.82) is 0 Å². The molecule has 0 radical (unpaired) electrons. The van der Waals surface area contributed by atoms with Gasteiger partial charge in [-0.15, -0.1) is 24.8 Å². The molecule has 14 heavy (non-hydrogen) atoms. The van der Waals surface area contributed by atoms with Crippen LogP contribution in [0.15, 0.2) is 0 Å². The van der Waals surface area contributed by atoms with Gasteiger partial charge < -0.3 is 10.1 Å². The van der Waals surface area contributed by atoms with Crippen LogP contribution in [0.2, 0.25) is 0 Å². The predicted molar refractivity (Wildman–Crippen MR) is 46.4 cm³/mol. The summed E-state index contributed by atoms with van der Waals surface area (Å²) in [5.41, 5.74) is 0. The molecule has 1 N–H and O–H groups in total. The van der Waals surface area contributed by atoms with Crippen LogP contribution in [0.4, 0.5) is 13.2 Å². The Labute approximate surface area is 85.5 Å². The molecule has 0 aliphatic heterocycles. The molecule has 0 amide bonds. The molecular formula is C7H13ClF3NO2. The molecule has 0 unspecified atom stereocenters. The van der Waals surface area contributed by atoms with E-state index in [2.05, 4.69) is 10.1 Å². The molecule has 0 saturated carbocycles. The second kappa shape index (κ2) is 8.28. The van der Waals surface area contributed by atoms with E-state index in [1.54, 1.807) is 0 Å². The Morgan fingerprint density at radius 2 is 1.71 bits per heavy atom. The number of hydrogen-bond acceptors (Lipinski definition) is 3. The number of alkyl halides is 4. The Morgan fingerprint density at radius 1 is 1.07 bits per heavy atom. The van der Waals surface area contributed by atoms with Gasteiger partial charge in [-0.25, -0.2) is 0 Å². The van der Waals surface area contributed by atoms with Crippen molar-refractivity contribution in [2.45, 2.75) is 6.36 Å². The van der Waals surface area contributed by atoms with E-state index in [4.69, 9.17) is 16.3 Å². The van der Waals surface area contributed by atoms with Crippen molar-refractivity contribution in [3.05, 3.63) is 0 Å². The molecule has 0 atom stereocenters.